The fraction of sp³-hybridized carbons (Fsp3) is 0.407. The normalized spacial score (nSPS) is 18.6. The van der Waals surface area contributed by atoms with Crippen LogP contribution >= 0.6 is 0 Å². The van der Waals surface area contributed by atoms with Gasteiger partial charge in [-0.05, 0) is 11.1 Å². The maximum Gasteiger partial charge on any atom is 0.232 e. The Labute approximate surface area is 227 Å². The highest BCUT2D eigenvalue weighted by Crippen LogP contribution is 2.24. The van der Waals surface area contributed by atoms with E-state index in [0.717, 1.165) is 63.1 Å². The Hall–Kier alpha value is -4.16. The highest BCUT2D eigenvalue weighted by atomic mass is 16.5. The van der Waals surface area contributed by atoms with E-state index in [1.165, 1.54) is 5.56 Å². The lowest BCUT2D eigenvalue weighted by atomic mass is 9.96. The minimum atomic E-state index is 0.120. The van der Waals surface area contributed by atoms with E-state index in [-0.39, 0.29) is 12.0 Å². The summed E-state index contributed by atoms with van der Waals surface area (Å²) in [4.78, 5) is 27.1. The molecule has 0 radical (unpaired) electrons. The van der Waals surface area contributed by atoms with Crippen molar-refractivity contribution in [3.63, 3.8) is 0 Å². The Balaban J connectivity index is 1.03. The molecule has 2 N–H and O–H groups in total. The van der Waals surface area contributed by atoms with E-state index in [0.29, 0.717) is 18.4 Å². The van der Waals surface area contributed by atoms with Crippen molar-refractivity contribution in [3.8, 4) is 0 Å². The van der Waals surface area contributed by atoms with Crippen LogP contribution in [-0.2, 0) is 11.3 Å². The minimum Gasteiger partial charge on any atom is -0.374 e. The minimum absolute atomic E-state index is 0.120. The molecule has 2 saturated heterocycles. The van der Waals surface area contributed by atoms with Crippen LogP contribution in [0.3, 0.4) is 0 Å². The molecule has 2 aliphatic rings. The summed E-state index contributed by atoms with van der Waals surface area (Å²) in [5, 5.41) is 11.0. The molecule has 4 aromatic rings. The molecule has 2 unspecified atom stereocenters. The highest BCUT2D eigenvalue weighted by Gasteiger charge is 2.22. The van der Waals surface area contributed by atoms with Crippen molar-refractivity contribution in [2.45, 2.75) is 25.5 Å². The molecule has 0 saturated carbocycles. The van der Waals surface area contributed by atoms with Crippen LogP contribution in [0.15, 0.2) is 61.4 Å². The predicted molar refractivity (Wildman–Crippen MR) is 148 cm³/mol. The van der Waals surface area contributed by atoms with Gasteiger partial charge in [-0.25, -0.2) is 19.9 Å². The van der Waals surface area contributed by atoms with E-state index >= 15 is 0 Å². The molecule has 0 spiro atoms. The lowest BCUT2D eigenvalue weighted by molar-refractivity contribution is 0.0161. The lowest BCUT2D eigenvalue weighted by Gasteiger charge is -2.34. The number of benzene rings is 1. The van der Waals surface area contributed by atoms with E-state index in [1.807, 2.05) is 29.3 Å². The number of nitrogens with one attached hydrogen (secondary N) is 2. The molecule has 39 heavy (non-hydrogen) atoms. The number of piperazine rings is 1. The van der Waals surface area contributed by atoms with Crippen molar-refractivity contribution in [1.29, 1.82) is 0 Å². The molecular weight excluding hydrogens is 494 g/mol. The van der Waals surface area contributed by atoms with Gasteiger partial charge >= 0.3 is 0 Å². The number of morpholine rings is 1. The van der Waals surface area contributed by atoms with Crippen LogP contribution in [0, 0.1) is 0 Å². The van der Waals surface area contributed by atoms with Crippen LogP contribution in [-0.4, -0.2) is 86.7 Å². The van der Waals surface area contributed by atoms with E-state index < -0.39 is 0 Å². The Morgan fingerprint density at radius 1 is 0.949 bits per heavy atom. The predicted octanol–water partition coefficient (Wildman–Crippen LogP) is 2.07. The number of anilines is 4. The summed E-state index contributed by atoms with van der Waals surface area (Å²) in [6, 6.07) is 10.4. The Bertz CT molecular complexity index is 1330. The Morgan fingerprint density at radius 2 is 1.72 bits per heavy atom. The van der Waals surface area contributed by atoms with Gasteiger partial charge in [-0.15, -0.1) is 0 Å². The topological polar surface area (TPSA) is 122 Å². The molecule has 3 aromatic heterocycles. The van der Waals surface area contributed by atoms with Gasteiger partial charge in [-0.3, -0.25) is 4.68 Å². The van der Waals surface area contributed by atoms with Gasteiger partial charge in [0.2, 0.25) is 17.8 Å². The third-order valence-corrected chi connectivity index (χ3v) is 7.15. The average Bonchev–Trinajstić information content (AvgIpc) is 3.44. The second-order valence-electron chi connectivity index (χ2n) is 9.80. The van der Waals surface area contributed by atoms with Gasteiger partial charge in [-0.2, -0.15) is 10.1 Å². The van der Waals surface area contributed by atoms with Crippen molar-refractivity contribution in [1.82, 2.24) is 40.0 Å². The van der Waals surface area contributed by atoms with Crippen molar-refractivity contribution >= 4 is 23.5 Å². The van der Waals surface area contributed by atoms with Crippen LogP contribution in [0.1, 0.15) is 24.0 Å². The molecule has 12 heteroatoms. The summed E-state index contributed by atoms with van der Waals surface area (Å²) in [6.45, 7) is 8.43. The van der Waals surface area contributed by atoms with Gasteiger partial charge < -0.3 is 25.2 Å². The zero-order chi connectivity index (χ0) is 26.4. The number of hydrogen-bond acceptors (Lipinski definition) is 11. The van der Waals surface area contributed by atoms with Crippen LogP contribution < -0.4 is 20.4 Å². The van der Waals surface area contributed by atoms with Gasteiger partial charge in [0, 0.05) is 63.8 Å². The first kappa shape index (κ1) is 25.1. The summed E-state index contributed by atoms with van der Waals surface area (Å²) in [6.07, 6.45) is 9.25. The highest BCUT2D eigenvalue weighted by molar-refractivity contribution is 5.51. The lowest BCUT2D eigenvalue weighted by Crippen LogP contribution is -2.47. The van der Waals surface area contributed by atoms with Crippen LogP contribution in [0.25, 0.3) is 0 Å². The first-order valence-electron chi connectivity index (χ1n) is 13.4. The quantitative estimate of drug-likeness (QED) is 0.350. The molecule has 5 heterocycles. The molecule has 2 atom stereocenters. The zero-order valence-corrected chi connectivity index (χ0v) is 22.0. The van der Waals surface area contributed by atoms with Gasteiger partial charge in [0.15, 0.2) is 0 Å². The fourth-order valence-electron chi connectivity index (χ4n) is 4.86. The largest absolute Gasteiger partial charge is 0.374 e. The molecule has 202 valence electrons. The van der Waals surface area contributed by atoms with E-state index in [4.69, 9.17) is 4.74 Å². The third-order valence-electron chi connectivity index (χ3n) is 7.15. The van der Waals surface area contributed by atoms with E-state index in [9.17, 15) is 0 Å². The molecule has 2 aliphatic heterocycles. The number of nitrogens with zero attached hydrogens (tertiary/aromatic N) is 9. The first-order chi connectivity index (χ1) is 19.2. The van der Waals surface area contributed by atoms with Gasteiger partial charge in [-0.1, -0.05) is 37.3 Å². The molecule has 0 bridgehead atoms. The van der Waals surface area contributed by atoms with Crippen LogP contribution in [0.2, 0.25) is 0 Å². The molecule has 6 rings (SSSR count). The van der Waals surface area contributed by atoms with E-state index in [2.05, 4.69) is 81.6 Å². The average molecular weight is 528 g/mol. The zero-order valence-electron chi connectivity index (χ0n) is 22.0. The number of hydrogen-bond donors (Lipinski definition) is 2. The fourth-order valence-corrected chi connectivity index (χ4v) is 4.86. The summed E-state index contributed by atoms with van der Waals surface area (Å²) < 4.78 is 7.64. The Morgan fingerprint density at radius 3 is 2.46 bits per heavy atom. The maximum atomic E-state index is 5.77. The smallest absolute Gasteiger partial charge is 0.232 e. The molecular formula is C27H33N11O. The van der Waals surface area contributed by atoms with Gasteiger partial charge in [0.1, 0.15) is 6.33 Å². The summed E-state index contributed by atoms with van der Waals surface area (Å²) >= 11 is 0. The monoisotopic (exact) mass is 527 g/mol. The number of ether oxygens (including phenoxy) is 1. The standard InChI is InChI=1S/C27H33N11O/c1-20(21-5-3-2-4-6-21)22-13-29-26(30-14-22)36-8-10-37(11-9-36)27-32-19-31-25(35-27)34-23-15-33-38(17-23)18-24-16-28-7-12-39-24/h2-6,13-15,17,19-20,24,28H,7-12,16,18H2,1H3,(H,31,32,34,35). The van der Waals surface area contributed by atoms with E-state index in [1.54, 1.807) is 12.5 Å². The van der Waals surface area contributed by atoms with Crippen molar-refractivity contribution < 1.29 is 4.74 Å². The summed E-state index contributed by atoms with van der Waals surface area (Å²) in [5.74, 6) is 2.14. The van der Waals surface area contributed by atoms with Gasteiger partial charge in [0.05, 0.1) is 31.1 Å². The summed E-state index contributed by atoms with van der Waals surface area (Å²) in [7, 11) is 0. The molecule has 0 aliphatic carbocycles. The molecule has 2 fully saturated rings. The van der Waals surface area contributed by atoms with Crippen molar-refractivity contribution in [2.24, 2.45) is 0 Å². The molecule has 12 nitrogen and oxygen atoms in total. The second-order valence-corrected chi connectivity index (χ2v) is 9.80. The van der Waals surface area contributed by atoms with Crippen LogP contribution in [0.4, 0.5) is 23.5 Å². The van der Waals surface area contributed by atoms with Crippen molar-refractivity contribution in [3.05, 3.63) is 72.6 Å². The third kappa shape index (κ3) is 6.13. The Kier molecular flexibility index (Phi) is 7.54. The second kappa shape index (κ2) is 11.7. The molecule has 1 aromatic carbocycles. The SMILES string of the molecule is CC(c1ccccc1)c1cnc(N2CCN(c3ncnc(Nc4cnn(CC5CNCCO5)c4)n3)CC2)nc1. The van der Waals surface area contributed by atoms with Crippen LogP contribution in [0.5, 0.6) is 0 Å². The maximum absolute atomic E-state index is 5.77. The molecule has 0 amide bonds. The van der Waals surface area contributed by atoms with Gasteiger partial charge in [0.25, 0.3) is 0 Å². The number of aromatic nitrogens is 7. The number of rotatable bonds is 8. The first-order valence-corrected chi connectivity index (χ1v) is 13.4. The van der Waals surface area contributed by atoms with Crippen molar-refractivity contribution in [2.75, 3.05) is 61.0 Å². The summed E-state index contributed by atoms with van der Waals surface area (Å²) in [5.41, 5.74) is 3.19.